The van der Waals surface area contributed by atoms with Crippen LogP contribution in [-0.4, -0.2) is 13.1 Å². The predicted octanol–water partition coefficient (Wildman–Crippen LogP) is 3.03. The molecule has 2 aliphatic rings. The zero-order valence-electron chi connectivity index (χ0n) is 10.9. The second-order valence-corrected chi connectivity index (χ2v) is 5.77. The van der Waals surface area contributed by atoms with Gasteiger partial charge in [-0.05, 0) is 86.7 Å². The first kappa shape index (κ1) is 11.3. The van der Waals surface area contributed by atoms with Crippen molar-refractivity contribution in [2.75, 3.05) is 13.1 Å². The monoisotopic (exact) mass is 229 g/mol. The van der Waals surface area contributed by atoms with E-state index in [9.17, 15) is 0 Å². The number of aryl methyl sites for hydroxylation is 1. The van der Waals surface area contributed by atoms with Gasteiger partial charge in [0.2, 0.25) is 0 Å². The van der Waals surface area contributed by atoms with E-state index in [4.69, 9.17) is 0 Å². The largest absolute Gasteiger partial charge is 0.316 e. The normalized spacial score (nSPS) is 23.7. The maximum atomic E-state index is 3.53. The summed E-state index contributed by atoms with van der Waals surface area (Å²) in [6, 6.07) is 4.74. The van der Waals surface area contributed by atoms with E-state index in [0.717, 1.165) is 5.92 Å². The van der Waals surface area contributed by atoms with Gasteiger partial charge in [0.25, 0.3) is 0 Å². The second-order valence-electron chi connectivity index (χ2n) is 5.77. The minimum absolute atomic E-state index is 0.871. The van der Waals surface area contributed by atoms with E-state index >= 15 is 0 Å². The molecule has 1 nitrogen and oxygen atoms in total. The van der Waals surface area contributed by atoms with Crippen LogP contribution in [0.25, 0.3) is 0 Å². The molecular formula is C16H23N. The highest BCUT2D eigenvalue weighted by Gasteiger charge is 2.20. The maximum Gasteiger partial charge on any atom is -0.00173 e. The Morgan fingerprint density at radius 1 is 1.18 bits per heavy atom. The number of rotatable bonds is 2. The van der Waals surface area contributed by atoms with E-state index in [1.165, 1.54) is 57.2 Å². The van der Waals surface area contributed by atoms with Gasteiger partial charge in [-0.15, -0.1) is 0 Å². The van der Waals surface area contributed by atoms with Crippen LogP contribution in [0.5, 0.6) is 0 Å². The lowest BCUT2D eigenvalue weighted by molar-refractivity contribution is 0.375. The van der Waals surface area contributed by atoms with Crippen molar-refractivity contribution in [3.8, 4) is 0 Å². The Balaban J connectivity index is 1.81. The van der Waals surface area contributed by atoms with Gasteiger partial charge in [-0.3, -0.25) is 0 Å². The maximum absolute atomic E-state index is 3.53. The summed E-state index contributed by atoms with van der Waals surface area (Å²) in [6.45, 7) is 4.72. The Morgan fingerprint density at radius 2 is 2.06 bits per heavy atom. The standard InChI is InChI=1S/C16H23N/c1-12-7-8-14(16-6-2-5-15(12)16)10-13-4-3-9-17-11-13/h7-8,13,17H,2-6,9-11H2,1H3. The molecule has 1 aromatic rings. The molecule has 17 heavy (non-hydrogen) atoms. The van der Waals surface area contributed by atoms with Crippen LogP contribution in [-0.2, 0) is 19.3 Å². The minimum Gasteiger partial charge on any atom is -0.316 e. The highest BCUT2D eigenvalue weighted by atomic mass is 14.9. The summed E-state index contributed by atoms with van der Waals surface area (Å²) in [7, 11) is 0. The molecule has 1 heteroatoms. The summed E-state index contributed by atoms with van der Waals surface area (Å²) in [5.74, 6) is 0.871. The van der Waals surface area contributed by atoms with Gasteiger partial charge in [0.1, 0.15) is 0 Å². The molecule has 0 amide bonds. The lowest BCUT2D eigenvalue weighted by Crippen LogP contribution is -2.31. The molecule has 1 atom stereocenters. The summed E-state index contributed by atoms with van der Waals surface area (Å²) >= 11 is 0. The molecule has 92 valence electrons. The number of hydrogen-bond acceptors (Lipinski definition) is 1. The summed E-state index contributed by atoms with van der Waals surface area (Å²) < 4.78 is 0. The highest BCUT2D eigenvalue weighted by Crippen LogP contribution is 2.30. The predicted molar refractivity (Wildman–Crippen MR) is 72.5 cm³/mol. The van der Waals surface area contributed by atoms with Gasteiger partial charge >= 0.3 is 0 Å². The van der Waals surface area contributed by atoms with E-state index in [2.05, 4.69) is 24.4 Å². The fraction of sp³-hybridized carbons (Fsp3) is 0.625. The van der Waals surface area contributed by atoms with Crippen molar-refractivity contribution in [1.82, 2.24) is 5.32 Å². The molecule has 1 aliphatic heterocycles. The molecule has 1 fully saturated rings. The van der Waals surface area contributed by atoms with E-state index in [-0.39, 0.29) is 0 Å². The first-order chi connectivity index (χ1) is 8.34. The molecule has 0 saturated carbocycles. The molecule has 3 rings (SSSR count). The second kappa shape index (κ2) is 4.81. The third-order valence-electron chi connectivity index (χ3n) is 4.52. The van der Waals surface area contributed by atoms with Gasteiger partial charge in [0.15, 0.2) is 0 Å². The molecule has 0 bridgehead atoms. The van der Waals surface area contributed by atoms with Crippen molar-refractivity contribution in [3.63, 3.8) is 0 Å². The fourth-order valence-electron chi connectivity index (χ4n) is 3.56. The van der Waals surface area contributed by atoms with Crippen molar-refractivity contribution < 1.29 is 0 Å². The van der Waals surface area contributed by atoms with Crippen molar-refractivity contribution in [2.45, 2.75) is 45.4 Å². The van der Waals surface area contributed by atoms with Crippen molar-refractivity contribution in [2.24, 2.45) is 5.92 Å². The SMILES string of the molecule is Cc1ccc(CC2CCCNC2)c2c1CCC2. The molecule has 0 spiro atoms. The topological polar surface area (TPSA) is 12.0 Å². The lowest BCUT2D eigenvalue weighted by Gasteiger charge is -2.24. The van der Waals surface area contributed by atoms with E-state index in [1.807, 2.05) is 0 Å². The molecule has 1 heterocycles. The van der Waals surface area contributed by atoms with Crippen LogP contribution < -0.4 is 5.32 Å². The Hall–Kier alpha value is -0.820. The van der Waals surface area contributed by atoms with Crippen LogP contribution in [0.3, 0.4) is 0 Å². The Kier molecular flexibility index (Phi) is 3.19. The van der Waals surface area contributed by atoms with Crippen molar-refractivity contribution in [1.29, 1.82) is 0 Å². The average molecular weight is 229 g/mol. The molecule has 1 unspecified atom stereocenters. The van der Waals surface area contributed by atoms with Crippen LogP contribution in [0.1, 0.15) is 41.5 Å². The van der Waals surface area contributed by atoms with Gasteiger partial charge in [-0.1, -0.05) is 12.1 Å². The van der Waals surface area contributed by atoms with Crippen LogP contribution in [0.4, 0.5) is 0 Å². The van der Waals surface area contributed by atoms with Crippen LogP contribution >= 0.6 is 0 Å². The van der Waals surface area contributed by atoms with Crippen LogP contribution in [0.2, 0.25) is 0 Å². The number of nitrogens with one attached hydrogen (secondary N) is 1. The first-order valence-electron chi connectivity index (χ1n) is 7.15. The van der Waals surface area contributed by atoms with Gasteiger partial charge < -0.3 is 5.32 Å². The van der Waals surface area contributed by atoms with Crippen molar-refractivity contribution >= 4 is 0 Å². The first-order valence-corrected chi connectivity index (χ1v) is 7.15. The quantitative estimate of drug-likeness (QED) is 0.822. The molecule has 0 radical (unpaired) electrons. The number of benzene rings is 1. The van der Waals surface area contributed by atoms with E-state index in [0.29, 0.717) is 0 Å². The molecule has 1 saturated heterocycles. The van der Waals surface area contributed by atoms with Gasteiger partial charge in [-0.25, -0.2) is 0 Å². The number of fused-ring (bicyclic) bond motifs is 1. The number of piperidine rings is 1. The zero-order chi connectivity index (χ0) is 11.7. The highest BCUT2D eigenvalue weighted by molar-refractivity contribution is 5.43. The van der Waals surface area contributed by atoms with Gasteiger partial charge in [-0.2, -0.15) is 0 Å². The summed E-state index contributed by atoms with van der Waals surface area (Å²) in [6.07, 6.45) is 8.09. The molecule has 1 aromatic carbocycles. The van der Waals surface area contributed by atoms with Gasteiger partial charge in [0, 0.05) is 0 Å². The fourth-order valence-corrected chi connectivity index (χ4v) is 3.56. The third kappa shape index (κ3) is 2.26. The lowest BCUT2D eigenvalue weighted by atomic mass is 9.88. The van der Waals surface area contributed by atoms with Crippen LogP contribution in [0, 0.1) is 12.8 Å². The molecule has 1 aliphatic carbocycles. The summed E-state index contributed by atoms with van der Waals surface area (Å²) in [4.78, 5) is 0. The Morgan fingerprint density at radius 3 is 2.88 bits per heavy atom. The number of hydrogen-bond donors (Lipinski definition) is 1. The van der Waals surface area contributed by atoms with E-state index in [1.54, 1.807) is 16.7 Å². The molecular weight excluding hydrogens is 206 g/mol. The summed E-state index contributed by atoms with van der Waals surface area (Å²) in [5.41, 5.74) is 6.54. The Bertz CT molecular complexity index is 402. The van der Waals surface area contributed by atoms with Crippen LogP contribution in [0.15, 0.2) is 12.1 Å². The molecule has 0 aromatic heterocycles. The smallest absolute Gasteiger partial charge is 0.00173 e. The minimum atomic E-state index is 0.871. The average Bonchev–Trinajstić information content (AvgIpc) is 2.84. The zero-order valence-corrected chi connectivity index (χ0v) is 10.9. The third-order valence-corrected chi connectivity index (χ3v) is 4.52. The molecule has 1 N–H and O–H groups in total. The van der Waals surface area contributed by atoms with E-state index < -0.39 is 0 Å². The summed E-state index contributed by atoms with van der Waals surface area (Å²) in [5, 5.41) is 3.53. The Labute approximate surface area is 105 Å². The van der Waals surface area contributed by atoms with Crippen molar-refractivity contribution in [3.05, 3.63) is 34.4 Å². The van der Waals surface area contributed by atoms with Gasteiger partial charge in [0.05, 0.1) is 0 Å².